The highest BCUT2D eigenvalue weighted by atomic mass is 19.4. The molecule has 3 aromatic rings. The van der Waals surface area contributed by atoms with Gasteiger partial charge in [0, 0.05) is 30.6 Å². The van der Waals surface area contributed by atoms with E-state index in [9.17, 15) is 18.0 Å². The molecule has 0 aliphatic heterocycles. The van der Waals surface area contributed by atoms with Crippen LogP contribution < -0.4 is 11.1 Å². The number of aryl methyl sites for hydroxylation is 1. The Labute approximate surface area is 215 Å². The number of nitrogens with zero attached hydrogens (tertiary/aromatic N) is 3. The van der Waals surface area contributed by atoms with Gasteiger partial charge in [-0.25, -0.2) is 9.97 Å². The third-order valence-corrected chi connectivity index (χ3v) is 7.39. The van der Waals surface area contributed by atoms with Crippen molar-refractivity contribution in [3.05, 3.63) is 58.9 Å². The number of aromatic nitrogens is 2. The Kier molecular flexibility index (Phi) is 7.62. The summed E-state index contributed by atoms with van der Waals surface area (Å²) in [6.07, 6.45) is -0.916. The highest BCUT2D eigenvalue weighted by molar-refractivity contribution is 5.90. The molecule has 4 rings (SSSR count). The van der Waals surface area contributed by atoms with Crippen molar-refractivity contribution >= 4 is 28.3 Å². The number of amides is 1. The van der Waals surface area contributed by atoms with Crippen LogP contribution in [0.5, 0.6) is 0 Å². The van der Waals surface area contributed by atoms with Gasteiger partial charge in [-0.2, -0.15) is 13.2 Å². The molecule has 1 amide bonds. The normalized spacial score (nSPS) is 19.0. The summed E-state index contributed by atoms with van der Waals surface area (Å²) in [7, 11) is 1.85. The summed E-state index contributed by atoms with van der Waals surface area (Å²) in [5.74, 6) is 1.76. The first-order chi connectivity index (χ1) is 17.5. The van der Waals surface area contributed by atoms with Crippen molar-refractivity contribution in [1.29, 1.82) is 0 Å². The zero-order valence-corrected chi connectivity index (χ0v) is 21.7. The van der Waals surface area contributed by atoms with Gasteiger partial charge in [0.15, 0.2) is 0 Å². The zero-order chi connectivity index (χ0) is 26.9. The van der Waals surface area contributed by atoms with Gasteiger partial charge in [-0.15, -0.1) is 0 Å². The molecule has 0 spiro atoms. The molecule has 37 heavy (non-hydrogen) atoms. The number of fused-ring (bicyclic) bond motifs is 1. The molecular weight excluding hydrogens is 479 g/mol. The van der Waals surface area contributed by atoms with E-state index in [1.807, 2.05) is 20.0 Å². The number of hydrogen-bond acceptors (Lipinski definition) is 5. The van der Waals surface area contributed by atoms with Gasteiger partial charge in [-0.1, -0.05) is 6.07 Å². The van der Waals surface area contributed by atoms with Gasteiger partial charge in [-0.3, -0.25) is 4.79 Å². The number of carbonyl (C=O) groups excluding carboxylic acids is 1. The molecule has 1 heterocycles. The second-order valence-corrected chi connectivity index (χ2v) is 10.0. The molecule has 9 heteroatoms. The molecule has 1 aromatic heterocycles. The molecule has 198 valence electrons. The standard InChI is InChI=1S/C28H34F3N5O/c1-5-36(4)27(37)19-8-6-18(7-9-19)20-10-11-25-24(14-20)26(35-17(3)34-25)33-16(2)21-12-22(28(29,30)31)15-23(32)13-21/h10-16,18-19H,5-9,32H2,1-4H3,(H,33,34,35)/t16-,18-,19-/m1/s1. The van der Waals surface area contributed by atoms with Crippen LogP contribution in [0.4, 0.5) is 24.7 Å². The largest absolute Gasteiger partial charge is 0.416 e. The molecule has 0 saturated heterocycles. The molecule has 1 atom stereocenters. The smallest absolute Gasteiger partial charge is 0.399 e. The van der Waals surface area contributed by atoms with Crippen LogP contribution in [-0.2, 0) is 11.0 Å². The summed E-state index contributed by atoms with van der Waals surface area (Å²) in [6.45, 7) is 6.27. The number of carbonyl (C=O) groups is 1. The monoisotopic (exact) mass is 513 g/mol. The number of nitrogens with one attached hydrogen (secondary N) is 1. The van der Waals surface area contributed by atoms with E-state index in [4.69, 9.17) is 5.73 Å². The Morgan fingerprint density at radius 2 is 1.84 bits per heavy atom. The highest BCUT2D eigenvalue weighted by Gasteiger charge is 2.32. The predicted molar refractivity (Wildman–Crippen MR) is 140 cm³/mol. The molecule has 0 unspecified atom stereocenters. The Morgan fingerprint density at radius 1 is 1.14 bits per heavy atom. The fourth-order valence-corrected chi connectivity index (χ4v) is 5.15. The quantitative estimate of drug-likeness (QED) is 0.369. The molecule has 6 nitrogen and oxygen atoms in total. The first-order valence-electron chi connectivity index (χ1n) is 12.7. The number of halogens is 3. The number of benzene rings is 2. The van der Waals surface area contributed by atoms with Gasteiger partial charge in [0.25, 0.3) is 0 Å². The van der Waals surface area contributed by atoms with E-state index in [-0.39, 0.29) is 17.5 Å². The average Bonchev–Trinajstić information content (AvgIpc) is 2.86. The maximum atomic E-state index is 13.3. The Balaban J connectivity index is 1.59. The number of hydrogen-bond donors (Lipinski definition) is 2. The number of alkyl halides is 3. The number of nitrogen functional groups attached to an aromatic ring is 1. The van der Waals surface area contributed by atoms with E-state index in [2.05, 4.69) is 27.4 Å². The third-order valence-electron chi connectivity index (χ3n) is 7.39. The number of anilines is 2. The van der Waals surface area contributed by atoms with Crippen molar-refractivity contribution in [3.8, 4) is 0 Å². The van der Waals surface area contributed by atoms with Crippen LogP contribution in [0.25, 0.3) is 10.9 Å². The minimum Gasteiger partial charge on any atom is -0.399 e. The first-order valence-corrected chi connectivity index (χ1v) is 12.7. The average molecular weight is 514 g/mol. The summed E-state index contributed by atoms with van der Waals surface area (Å²) in [5, 5.41) is 4.11. The minimum absolute atomic E-state index is 0.0590. The van der Waals surface area contributed by atoms with Crippen LogP contribution in [-0.4, -0.2) is 34.4 Å². The van der Waals surface area contributed by atoms with Crippen molar-refractivity contribution in [2.45, 2.75) is 64.6 Å². The maximum Gasteiger partial charge on any atom is 0.416 e. The highest BCUT2D eigenvalue weighted by Crippen LogP contribution is 2.38. The van der Waals surface area contributed by atoms with Gasteiger partial charge < -0.3 is 16.0 Å². The molecule has 0 radical (unpaired) electrons. The molecule has 0 bridgehead atoms. The molecule has 1 aliphatic rings. The number of nitrogens with two attached hydrogens (primary N) is 1. The van der Waals surface area contributed by atoms with Gasteiger partial charge >= 0.3 is 6.18 Å². The summed E-state index contributed by atoms with van der Waals surface area (Å²) in [4.78, 5) is 23.5. The molecule has 1 saturated carbocycles. The van der Waals surface area contributed by atoms with Crippen LogP contribution in [0.1, 0.15) is 74.0 Å². The van der Waals surface area contributed by atoms with Crippen molar-refractivity contribution < 1.29 is 18.0 Å². The summed E-state index contributed by atoms with van der Waals surface area (Å²) in [6, 6.07) is 9.27. The molecule has 1 fully saturated rings. The van der Waals surface area contributed by atoms with Crippen LogP contribution in [0.2, 0.25) is 0 Å². The van der Waals surface area contributed by atoms with E-state index >= 15 is 0 Å². The van der Waals surface area contributed by atoms with Crippen molar-refractivity contribution in [1.82, 2.24) is 14.9 Å². The lowest BCUT2D eigenvalue weighted by molar-refractivity contribution is -0.137. The van der Waals surface area contributed by atoms with E-state index < -0.39 is 17.8 Å². The van der Waals surface area contributed by atoms with Gasteiger partial charge in [0.2, 0.25) is 5.91 Å². The van der Waals surface area contributed by atoms with Crippen LogP contribution in [0.3, 0.4) is 0 Å². The third kappa shape index (κ3) is 5.97. The predicted octanol–water partition coefficient (Wildman–Crippen LogP) is 6.46. The van der Waals surface area contributed by atoms with Crippen molar-refractivity contribution in [2.75, 3.05) is 24.6 Å². The SMILES string of the molecule is CCN(C)C(=O)[C@H]1CC[C@H](c2ccc3nc(C)nc(N[C@H](C)c4cc(N)cc(C(F)(F)F)c4)c3c2)CC1. The van der Waals surface area contributed by atoms with E-state index in [1.54, 1.807) is 24.8 Å². The lowest BCUT2D eigenvalue weighted by Gasteiger charge is -2.30. The second-order valence-electron chi connectivity index (χ2n) is 10.0. The fraction of sp³-hybridized carbons (Fsp3) is 0.464. The zero-order valence-electron chi connectivity index (χ0n) is 21.7. The van der Waals surface area contributed by atoms with Gasteiger partial charge in [-0.05, 0) is 93.8 Å². The van der Waals surface area contributed by atoms with E-state index in [0.717, 1.165) is 54.3 Å². The second kappa shape index (κ2) is 10.6. The van der Waals surface area contributed by atoms with Crippen LogP contribution >= 0.6 is 0 Å². The lowest BCUT2D eigenvalue weighted by atomic mass is 9.78. The van der Waals surface area contributed by atoms with E-state index in [1.165, 1.54) is 0 Å². The Hall–Kier alpha value is -3.36. The summed E-state index contributed by atoms with van der Waals surface area (Å²) < 4.78 is 40.0. The Morgan fingerprint density at radius 3 is 2.49 bits per heavy atom. The first kappa shape index (κ1) is 26.7. The number of rotatable bonds is 6. The fourth-order valence-electron chi connectivity index (χ4n) is 5.15. The molecular formula is C28H34F3N5O. The van der Waals surface area contributed by atoms with Gasteiger partial charge in [0.05, 0.1) is 17.1 Å². The van der Waals surface area contributed by atoms with Crippen molar-refractivity contribution in [2.24, 2.45) is 5.92 Å². The van der Waals surface area contributed by atoms with Crippen LogP contribution in [0.15, 0.2) is 36.4 Å². The van der Waals surface area contributed by atoms with Crippen LogP contribution in [0, 0.1) is 12.8 Å². The molecule has 1 aliphatic carbocycles. The summed E-state index contributed by atoms with van der Waals surface area (Å²) in [5.41, 5.74) is 7.41. The molecule has 3 N–H and O–H groups in total. The van der Waals surface area contributed by atoms with E-state index in [0.29, 0.717) is 29.7 Å². The van der Waals surface area contributed by atoms with Crippen molar-refractivity contribution in [3.63, 3.8) is 0 Å². The lowest BCUT2D eigenvalue weighted by Crippen LogP contribution is -2.34. The van der Waals surface area contributed by atoms with Gasteiger partial charge in [0.1, 0.15) is 11.6 Å². The molecule has 2 aromatic carbocycles. The Bertz CT molecular complexity index is 1280. The summed E-state index contributed by atoms with van der Waals surface area (Å²) >= 11 is 0. The minimum atomic E-state index is -4.48. The topological polar surface area (TPSA) is 84.1 Å². The maximum absolute atomic E-state index is 13.3.